The number of hydrogen-bond donors (Lipinski definition) is 3. The van der Waals surface area contributed by atoms with Gasteiger partial charge in [-0.2, -0.15) is 0 Å². The number of carbonyl (C=O) groups is 1. The summed E-state index contributed by atoms with van der Waals surface area (Å²) >= 11 is 1.35. The van der Waals surface area contributed by atoms with Crippen LogP contribution in [-0.4, -0.2) is 18.0 Å². The highest BCUT2D eigenvalue weighted by atomic mass is 32.1. The lowest BCUT2D eigenvalue weighted by Crippen LogP contribution is -2.34. The van der Waals surface area contributed by atoms with Crippen molar-refractivity contribution in [2.24, 2.45) is 0 Å². The summed E-state index contributed by atoms with van der Waals surface area (Å²) in [6.45, 7) is 0.556. The van der Waals surface area contributed by atoms with Gasteiger partial charge in [-0.25, -0.2) is 0 Å². The lowest BCUT2D eigenvalue weighted by atomic mass is 10.1. The fourth-order valence-corrected chi connectivity index (χ4v) is 4.54. The van der Waals surface area contributed by atoms with Gasteiger partial charge in [-0.1, -0.05) is 18.2 Å². The molecule has 0 atom stereocenters. The van der Waals surface area contributed by atoms with Crippen molar-refractivity contribution in [3.05, 3.63) is 103 Å². The summed E-state index contributed by atoms with van der Waals surface area (Å²) in [5, 5.41) is 12.1. The molecule has 0 aliphatic carbocycles. The highest BCUT2D eigenvalue weighted by Crippen LogP contribution is 2.27. The molecule has 3 N–H and O–H groups in total. The second-order valence-corrected chi connectivity index (χ2v) is 8.64. The Hall–Kier alpha value is -4.50. The molecule has 0 unspecified atom stereocenters. The first-order valence-electron chi connectivity index (χ1n) is 10.7. The van der Waals surface area contributed by atoms with Gasteiger partial charge in [-0.3, -0.25) is 19.4 Å². The number of fused-ring (bicyclic) bond motifs is 1. The van der Waals surface area contributed by atoms with Gasteiger partial charge in [0.1, 0.15) is 10.6 Å². The molecule has 0 aliphatic rings. The summed E-state index contributed by atoms with van der Waals surface area (Å²) in [6.07, 6.45) is 1.78. The van der Waals surface area contributed by atoms with Crippen LogP contribution in [0.2, 0.25) is 0 Å². The standard InChI is InChI=1S/C26H20N4O4S/c1-34-24-21(22(31)23(24)32)29-16-6-8-17(9-7-16)30-26(33)25-20(11-13-35-25)28-14-15-10-12-27-19-5-3-2-4-18(15)19/h2-13,28-29H,14H2,1H3,(H,30,33). The van der Waals surface area contributed by atoms with Crippen molar-refractivity contribution in [1.82, 2.24) is 4.98 Å². The molecule has 2 aromatic heterocycles. The average molecular weight is 485 g/mol. The fourth-order valence-electron chi connectivity index (χ4n) is 3.77. The molecule has 35 heavy (non-hydrogen) atoms. The van der Waals surface area contributed by atoms with Gasteiger partial charge in [0.05, 0.1) is 18.3 Å². The lowest BCUT2D eigenvalue weighted by molar-refractivity contribution is 0.103. The molecule has 0 saturated carbocycles. The maximum Gasteiger partial charge on any atom is 0.272 e. The maximum absolute atomic E-state index is 12.9. The zero-order chi connectivity index (χ0) is 24.4. The van der Waals surface area contributed by atoms with E-state index in [1.165, 1.54) is 18.4 Å². The molecule has 0 saturated heterocycles. The van der Waals surface area contributed by atoms with Crippen molar-refractivity contribution in [3.8, 4) is 5.75 Å². The molecule has 5 rings (SSSR count). The number of aromatic nitrogens is 1. The third-order valence-corrected chi connectivity index (χ3v) is 6.48. The van der Waals surface area contributed by atoms with Crippen LogP contribution in [0.5, 0.6) is 5.75 Å². The highest BCUT2D eigenvalue weighted by molar-refractivity contribution is 7.12. The van der Waals surface area contributed by atoms with Crippen LogP contribution in [0.25, 0.3) is 10.9 Å². The minimum Gasteiger partial charge on any atom is -0.491 e. The zero-order valence-corrected chi connectivity index (χ0v) is 19.4. The van der Waals surface area contributed by atoms with E-state index in [-0.39, 0.29) is 17.3 Å². The number of anilines is 4. The van der Waals surface area contributed by atoms with Crippen LogP contribution in [0.15, 0.2) is 81.8 Å². The topological polar surface area (TPSA) is 109 Å². The first-order valence-corrected chi connectivity index (χ1v) is 11.6. The van der Waals surface area contributed by atoms with Gasteiger partial charge >= 0.3 is 0 Å². The van der Waals surface area contributed by atoms with Crippen molar-refractivity contribution in [3.63, 3.8) is 0 Å². The minimum absolute atomic E-state index is 0.0184. The third kappa shape index (κ3) is 4.36. The Labute approximate surface area is 203 Å². The number of para-hydroxylation sites is 1. The van der Waals surface area contributed by atoms with Crippen molar-refractivity contribution in [2.45, 2.75) is 6.54 Å². The fraction of sp³-hybridized carbons (Fsp3) is 0.0769. The number of nitrogens with one attached hydrogen (secondary N) is 3. The number of amides is 1. The van der Waals surface area contributed by atoms with E-state index in [9.17, 15) is 14.4 Å². The number of pyridine rings is 1. The highest BCUT2D eigenvalue weighted by Gasteiger charge is 2.21. The Bertz CT molecular complexity index is 1600. The molecular weight excluding hydrogens is 464 g/mol. The molecule has 0 aliphatic heterocycles. The van der Waals surface area contributed by atoms with E-state index in [2.05, 4.69) is 20.9 Å². The number of carbonyl (C=O) groups excluding carboxylic acids is 1. The molecule has 0 bridgehead atoms. The number of rotatable bonds is 8. The quantitative estimate of drug-likeness (QED) is 0.278. The van der Waals surface area contributed by atoms with Gasteiger partial charge in [0.15, 0.2) is 5.75 Å². The van der Waals surface area contributed by atoms with Crippen molar-refractivity contribution < 1.29 is 9.53 Å². The minimum atomic E-state index is -0.642. The van der Waals surface area contributed by atoms with Crippen LogP contribution in [0.4, 0.5) is 22.7 Å². The monoisotopic (exact) mass is 484 g/mol. The lowest BCUT2D eigenvalue weighted by Gasteiger charge is -2.13. The summed E-state index contributed by atoms with van der Waals surface area (Å²) in [6, 6.07) is 18.6. The smallest absolute Gasteiger partial charge is 0.272 e. The van der Waals surface area contributed by atoms with Crippen molar-refractivity contribution in [2.75, 3.05) is 23.1 Å². The predicted molar refractivity (Wildman–Crippen MR) is 139 cm³/mol. The Morgan fingerprint density at radius 3 is 2.54 bits per heavy atom. The third-order valence-electron chi connectivity index (χ3n) is 5.56. The van der Waals surface area contributed by atoms with E-state index in [0.29, 0.717) is 22.8 Å². The summed E-state index contributed by atoms with van der Waals surface area (Å²) in [5.74, 6) is -0.211. The molecule has 0 radical (unpaired) electrons. The predicted octanol–water partition coefficient (Wildman–Crippen LogP) is 4.51. The summed E-state index contributed by atoms with van der Waals surface area (Å²) < 4.78 is 4.93. The number of methoxy groups -OCH3 is 1. The van der Waals surface area contributed by atoms with Crippen LogP contribution < -0.4 is 31.5 Å². The Kier molecular flexibility index (Phi) is 5.99. The van der Waals surface area contributed by atoms with Crippen LogP contribution in [0, 0.1) is 0 Å². The van der Waals surface area contributed by atoms with E-state index in [4.69, 9.17) is 4.74 Å². The number of benzene rings is 2. The first-order chi connectivity index (χ1) is 17.0. The molecule has 174 valence electrons. The molecule has 5 aromatic rings. The Balaban J connectivity index is 1.25. The summed E-state index contributed by atoms with van der Waals surface area (Å²) in [7, 11) is 1.34. The molecule has 2 heterocycles. The van der Waals surface area contributed by atoms with Crippen LogP contribution in [0.1, 0.15) is 15.2 Å². The van der Waals surface area contributed by atoms with E-state index < -0.39 is 10.9 Å². The molecule has 1 amide bonds. The van der Waals surface area contributed by atoms with E-state index in [1.807, 2.05) is 41.8 Å². The maximum atomic E-state index is 12.9. The van der Waals surface area contributed by atoms with Gasteiger partial charge in [0, 0.05) is 29.5 Å². The SMILES string of the molecule is COc1c(Nc2ccc(NC(=O)c3sccc3NCc3ccnc4ccccc34)cc2)c(=O)c1=O. The van der Waals surface area contributed by atoms with Gasteiger partial charge in [0.2, 0.25) is 0 Å². The van der Waals surface area contributed by atoms with E-state index in [1.54, 1.807) is 30.5 Å². The van der Waals surface area contributed by atoms with Gasteiger partial charge < -0.3 is 20.7 Å². The molecule has 0 spiro atoms. The number of hydrogen-bond acceptors (Lipinski definition) is 8. The van der Waals surface area contributed by atoms with Crippen LogP contribution >= 0.6 is 11.3 Å². The van der Waals surface area contributed by atoms with Crippen molar-refractivity contribution in [1.29, 1.82) is 0 Å². The number of nitrogens with zero attached hydrogens (tertiary/aromatic N) is 1. The molecular formula is C26H20N4O4S. The number of thiophene rings is 1. The van der Waals surface area contributed by atoms with Gasteiger partial charge in [0.25, 0.3) is 16.8 Å². The van der Waals surface area contributed by atoms with Gasteiger partial charge in [-0.15, -0.1) is 11.3 Å². The molecule has 3 aromatic carbocycles. The zero-order valence-electron chi connectivity index (χ0n) is 18.6. The summed E-state index contributed by atoms with van der Waals surface area (Å²) in [5.41, 5.74) is 2.83. The number of ether oxygens (including phenoxy) is 1. The van der Waals surface area contributed by atoms with E-state index >= 15 is 0 Å². The summed E-state index contributed by atoms with van der Waals surface area (Å²) in [4.78, 5) is 41.1. The average Bonchev–Trinajstić information content (AvgIpc) is 3.37. The second-order valence-electron chi connectivity index (χ2n) is 7.73. The van der Waals surface area contributed by atoms with Crippen molar-refractivity contribution >= 4 is 50.9 Å². The normalized spacial score (nSPS) is 10.9. The van der Waals surface area contributed by atoms with Crippen LogP contribution in [0.3, 0.4) is 0 Å². The van der Waals surface area contributed by atoms with Gasteiger partial charge in [-0.05, 0) is 53.4 Å². The van der Waals surface area contributed by atoms with E-state index in [0.717, 1.165) is 22.2 Å². The largest absolute Gasteiger partial charge is 0.491 e. The Morgan fingerprint density at radius 1 is 0.971 bits per heavy atom. The Morgan fingerprint density at radius 2 is 1.74 bits per heavy atom. The molecule has 9 heteroatoms. The molecule has 8 nitrogen and oxygen atoms in total. The first kappa shape index (κ1) is 22.3. The second kappa shape index (κ2) is 9.40. The van der Waals surface area contributed by atoms with Crippen LogP contribution in [-0.2, 0) is 6.54 Å². The molecule has 0 fully saturated rings.